The van der Waals surface area contributed by atoms with Gasteiger partial charge in [-0.3, -0.25) is 9.48 Å². The molecular formula is C8H9BrN2O. The monoisotopic (exact) mass is 228 g/mol. The molecule has 1 aliphatic rings. The van der Waals surface area contributed by atoms with Gasteiger partial charge >= 0.3 is 0 Å². The van der Waals surface area contributed by atoms with Crippen LogP contribution in [0.5, 0.6) is 0 Å². The van der Waals surface area contributed by atoms with Crippen LogP contribution in [0.3, 0.4) is 0 Å². The third-order valence-corrected chi connectivity index (χ3v) is 2.94. The lowest BCUT2D eigenvalue weighted by molar-refractivity contribution is 0.111. The highest BCUT2D eigenvalue weighted by atomic mass is 79.9. The number of rotatable bonds is 2. The molecule has 0 N–H and O–H groups in total. The van der Waals surface area contributed by atoms with Crippen molar-refractivity contribution in [2.75, 3.05) is 0 Å². The van der Waals surface area contributed by atoms with Gasteiger partial charge in [0, 0.05) is 13.0 Å². The van der Waals surface area contributed by atoms with Gasteiger partial charge in [0.05, 0.1) is 10.2 Å². The molecule has 0 unspecified atom stereocenters. The number of carbonyl (C=O) groups excluding carboxylic acids is 1. The molecule has 0 atom stereocenters. The molecule has 1 heterocycles. The summed E-state index contributed by atoms with van der Waals surface area (Å²) in [5.41, 5.74) is 1.68. The fourth-order valence-electron chi connectivity index (χ4n) is 1.41. The summed E-state index contributed by atoms with van der Waals surface area (Å²) in [6.07, 6.45) is 3.23. The molecule has 1 fully saturated rings. The quantitative estimate of drug-likeness (QED) is 0.725. The van der Waals surface area contributed by atoms with Crippen molar-refractivity contribution in [2.45, 2.75) is 18.8 Å². The van der Waals surface area contributed by atoms with E-state index in [-0.39, 0.29) is 0 Å². The van der Waals surface area contributed by atoms with Crippen molar-refractivity contribution in [1.82, 2.24) is 9.78 Å². The molecule has 1 saturated carbocycles. The lowest BCUT2D eigenvalue weighted by Crippen LogP contribution is -1.96. The molecule has 1 aliphatic carbocycles. The molecular weight excluding hydrogens is 220 g/mol. The van der Waals surface area contributed by atoms with Crippen molar-refractivity contribution < 1.29 is 4.79 Å². The smallest absolute Gasteiger partial charge is 0.171 e. The number of aromatic nitrogens is 2. The van der Waals surface area contributed by atoms with Crippen LogP contribution in [0.25, 0.3) is 0 Å². The zero-order valence-electron chi connectivity index (χ0n) is 6.75. The van der Waals surface area contributed by atoms with E-state index in [1.165, 1.54) is 12.8 Å². The topological polar surface area (TPSA) is 34.9 Å². The first-order valence-electron chi connectivity index (χ1n) is 3.91. The fourth-order valence-corrected chi connectivity index (χ4v) is 2.16. The van der Waals surface area contributed by atoms with Crippen LogP contribution in [0, 0.1) is 0 Å². The van der Waals surface area contributed by atoms with Crippen molar-refractivity contribution in [2.24, 2.45) is 7.05 Å². The number of hydrogen-bond acceptors (Lipinski definition) is 2. The number of halogens is 1. The van der Waals surface area contributed by atoms with Crippen LogP contribution in [0.4, 0.5) is 0 Å². The summed E-state index contributed by atoms with van der Waals surface area (Å²) in [6.45, 7) is 0. The fraction of sp³-hybridized carbons (Fsp3) is 0.500. The van der Waals surface area contributed by atoms with E-state index in [2.05, 4.69) is 21.0 Å². The molecule has 1 aromatic rings. The van der Waals surface area contributed by atoms with Gasteiger partial charge in [-0.1, -0.05) is 0 Å². The van der Waals surface area contributed by atoms with Crippen LogP contribution in [-0.4, -0.2) is 16.1 Å². The molecule has 0 amide bonds. The van der Waals surface area contributed by atoms with Crippen LogP contribution in [-0.2, 0) is 7.05 Å². The van der Waals surface area contributed by atoms with Gasteiger partial charge in [-0.15, -0.1) is 0 Å². The lowest BCUT2D eigenvalue weighted by Gasteiger charge is -1.97. The second-order valence-electron chi connectivity index (χ2n) is 3.10. The van der Waals surface area contributed by atoms with Gasteiger partial charge in [0.15, 0.2) is 6.29 Å². The second kappa shape index (κ2) is 2.69. The zero-order valence-corrected chi connectivity index (χ0v) is 8.34. The van der Waals surface area contributed by atoms with E-state index < -0.39 is 0 Å². The minimum atomic E-state index is 0.513. The molecule has 64 valence electrons. The van der Waals surface area contributed by atoms with Crippen LogP contribution >= 0.6 is 15.9 Å². The van der Waals surface area contributed by atoms with E-state index in [1.807, 2.05) is 7.05 Å². The van der Waals surface area contributed by atoms with E-state index in [0.717, 1.165) is 16.5 Å². The van der Waals surface area contributed by atoms with E-state index >= 15 is 0 Å². The van der Waals surface area contributed by atoms with E-state index in [0.29, 0.717) is 11.6 Å². The van der Waals surface area contributed by atoms with Crippen LogP contribution < -0.4 is 0 Å². The van der Waals surface area contributed by atoms with E-state index in [4.69, 9.17) is 0 Å². The molecule has 3 nitrogen and oxygen atoms in total. The molecule has 0 bridgehead atoms. The van der Waals surface area contributed by atoms with Gasteiger partial charge in [0.1, 0.15) is 5.69 Å². The number of aryl methyl sites for hydroxylation is 1. The molecule has 0 saturated heterocycles. The number of aldehydes is 1. The molecule has 12 heavy (non-hydrogen) atoms. The predicted octanol–water partition coefficient (Wildman–Crippen LogP) is 1.87. The SMILES string of the molecule is Cn1nc(C=O)c(Br)c1C1CC1. The Morgan fingerprint density at radius 3 is 2.75 bits per heavy atom. The van der Waals surface area contributed by atoms with Crippen LogP contribution in [0.2, 0.25) is 0 Å². The van der Waals surface area contributed by atoms with Gasteiger partial charge in [-0.25, -0.2) is 0 Å². The average molecular weight is 229 g/mol. The van der Waals surface area contributed by atoms with Crippen molar-refractivity contribution in [3.05, 3.63) is 15.9 Å². The average Bonchev–Trinajstić information content (AvgIpc) is 2.80. The van der Waals surface area contributed by atoms with Crippen molar-refractivity contribution in [3.63, 3.8) is 0 Å². The first kappa shape index (κ1) is 7.98. The highest BCUT2D eigenvalue weighted by Crippen LogP contribution is 2.43. The Kier molecular flexibility index (Phi) is 1.79. The summed E-state index contributed by atoms with van der Waals surface area (Å²) in [6, 6.07) is 0. The maximum Gasteiger partial charge on any atom is 0.171 e. The maximum absolute atomic E-state index is 10.5. The summed E-state index contributed by atoms with van der Waals surface area (Å²) in [5.74, 6) is 0.616. The Labute approximate surface area is 78.9 Å². The number of nitrogens with zero attached hydrogens (tertiary/aromatic N) is 2. The minimum Gasteiger partial charge on any atom is -0.296 e. The molecule has 2 rings (SSSR count). The lowest BCUT2D eigenvalue weighted by atomic mass is 10.3. The largest absolute Gasteiger partial charge is 0.296 e. The summed E-state index contributed by atoms with van der Waals surface area (Å²) in [4.78, 5) is 10.5. The Morgan fingerprint density at radius 1 is 1.67 bits per heavy atom. The Morgan fingerprint density at radius 2 is 2.33 bits per heavy atom. The van der Waals surface area contributed by atoms with Crippen molar-refractivity contribution in [3.8, 4) is 0 Å². The predicted molar refractivity (Wildman–Crippen MR) is 48.3 cm³/mol. The number of hydrogen-bond donors (Lipinski definition) is 0. The van der Waals surface area contributed by atoms with Crippen LogP contribution in [0.15, 0.2) is 4.47 Å². The molecule has 0 aromatic carbocycles. The van der Waals surface area contributed by atoms with Gasteiger partial charge in [0.2, 0.25) is 0 Å². The van der Waals surface area contributed by atoms with Crippen molar-refractivity contribution >= 4 is 22.2 Å². The molecule has 0 spiro atoms. The highest BCUT2D eigenvalue weighted by molar-refractivity contribution is 9.10. The van der Waals surface area contributed by atoms with Gasteiger partial charge in [0.25, 0.3) is 0 Å². The normalized spacial score (nSPS) is 16.5. The summed E-state index contributed by atoms with van der Waals surface area (Å²) >= 11 is 3.39. The first-order valence-corrected chi connectivity index (χ1v) is 4.71. The molecule has 0 radical (unpaired) electrons. The third kappa shape index (κ3) is 1.10. The third-order valence-electron chi connectivity index (χ3n) is 2.13. The Balaban J connectivity index is 2.50. The van der Waals surface area contributed by atoms with Gasteiger partial charge < -0.3 is 0 Å². The maximum atomic E-state index is 10.5. The Hall–Kier alpha value is -0.640. The van der Waals surface area contributed by atoms with E-state index in [1.54, 1.807) is 4.68 Å². The number of carbonyl (C=O) groups is 1. The zero-order chi connectivity index (χ0) is 8.72. The summed E-state index contributed by atoms with van der Waals surface area (Å²) < 4.78 is 2.67. The highest BCUT2D eigenvalue weighted by Gasteiger charge is 2.30. The molecule has 1 aromatic heterocycles. The summed E-state index contributed by atoms with van der Waals surface area (Å²) in [7, 11) is 1.88. The van der Waals surface area contributed by atoms with Crippen molar-refractivity contribution in [1.29, 1.82) is 0 Å². The van der Waals surface area contributed by atoms with Crippen LogP contribution in [0.1, 0.15) is 34.9 Å². The minimum absolute atomic E-state index is 0.513. The second-order valence-corrected chi connectivity index (χ2v) is 3.89. The Bertz CT molecular complexity index is 328. The molecule has 0 aliphatic heterocycles. The van der Waals surface area contributed by atoms with E-state index in [9.17, 15) is 4.79 Å². The van der Waals surface area contributed by atoms with Gasteiger partial charge in [-0.05, 0) is 28.8 Å². The standard InChI is InChI=1S/C8H9BrN2O/c1-11-8(5-2-3-5)7(9)6(4-12)10-11/h4-5H,2-3H2,1H3. The summed E-state index contributed by atoms with van der Waals surface area (Å²) in [5, 5.41) is 4.09. The molecule has 4 heteroatoms. The first-order chi connectivity index (χ1) is 5.74. The van der Waals surface area contributed by atoms with Gasteiger partial charge in [-0.2, -0.15) is 5.10 Å².